The van der Waals surface area contributed by atoms with Crippen LogP contribution in [0, 0.1) is 0 Å². The van der Waals surface area contributed by atoms with E-state index in [1.807, 2.05) is 0 Å². The van der Waals surface area contributed by atoms with Crippen LogP contribution >= 0.6 is 15.9 Å². The average Bonchev–Trinajstić information content (AvgIpc) is 3.21. The predicted molar refractivity (Wildman–Crippen MR) is 113 cm³/mol. The van der Waals surface area contributed by atoms with E-state index in [0.717, 1.165) is 17.3 Å². The van der Waals surface area contributed by atoms with Gasteiger partial charge in [-0.1, -0.05) is 28.1 Å². The first-order chi connectivity index (χ1) is 13.9. The highest BCUT2D eigenvalue weighted by molar-refractivity contribution is 9.10. The van der Waals surface area contributed by atoms with Gasteiger partial charge >= 0.3 is 0 Å². The van der Waals surface area contributed by atoms with Crippen molar-refractivity contribution in [2.45, 2.75) is 30.4 Å². The molecule has 1 aliphatic rings. The second-order valence-corrected chi connectivity index (χ2v) is 9.77. The van der Waals surface area contributed by atoms with Crippen LogP contribution in [0.5, 0.6) is 0 Å². The van der Waals surface area contributed by atoms with Crippen molar-refractivity contribution in [1.29, 1.82) is 0 Å². The fraction of sp³-hybridized carbons (Fsp3) is 0.300. The van der Waals surface area contributed by atoms with Crippen molar-refractivity contribution < 1.29 is 13.2 Å². The molecule has 3 aromatic rings. The van der Waals surface area contributed by atoms with Crippen LogP contribution in [0.1, 0.15) is 18.7 Å². The number of para-hydroxylation sites is 1. The number of hydrogen-bond donors (Lipinski definition) is 1. The average molecular weight is 478 g/mol. The molecule has 0 radical (unpaired) electrons. The summed E-state index contributed by atoms with van der Waals surface area (Å²) in [6, 6.07) is 13.5. The third-order valence-corrected chi connectivity index (χ3v) is 7.23. The highest BCUT2D eigenvalue weighted by atomic mass is 79.9. The molecule has 29 heavy (non-hydrogen) atoms. The van der Waals surface area contributed by atoms with Gasteiger partial charge in [0.1, 0.15) is 5.82 Å². The van der Waals surface area contributed by atoms with E-state index >= 15 is 0 Å². The molecule has 0 saturated carbocycles. The fourth-order valence-electron chi connectivity index (χ4n) is 3.40. The van der Waals surface area contributed by atoms with E-state index in [0.29, 0.717) is 23.3 Å². The summed E-state index contributed by atoms with van der Waals surface area (Å²) in [6.45, 7) is 0.787. The van der Waals surface area contributed by atoms with E-state index in [2.05, 4.69) is 25.9 Å². The number of benzene rings is 2. The van der Waals surface area contributed by atoms with Gasteiger partial charge in [0.15, 0.2) is 0 Å². The zero-order chi connectivity index (χ0) is 20.4. The maximum atomic E-state index is 13.3. The quantitative estimate of drug-likeness (QED) is 0.588. The standard InChI is InChI=1S/C20H20BrN3O4S/c21-14-7-9-16(10-8-14)29(26,27)24(12-15-4-3-11-28-15)13-19-22-18-6-2-1-5-17(18)20(25)23-19/h1-2,5-10,15H,3-4,11-13H2,(H,22,23,25). The Morgan fingerprint density at radius 2 is 1.93 bits per heavy atom. The van der Waals surface area contributed by atoms with Crippen LogP contribution in [0.25, 0.3) is 10.9 Å². The van der Waals surface area contributed by atoms with Gasteiger partial charge in [-0.25, -0.2) is 13.4 Å². The topological polar surface area (TPSA) is 92.4 Å². The molecule has 1 N–H and O–H groups in total. The smallest absolute Gasteiger partial charge is 0.258 e. The Balaban J connectivity index is 1.70. The first kappa shape index (κ1) is 20.2. The van der Waals surface area contributed by atoms with Gasteiger partial charge in [0, 0.05) is 17.6 Å². The minimum Gasteiger partial charge on any atom is -0.377 e. The summed E-state index contributed by atoms with van der Waals surface area (Å²) in [5.41, 5.74) is 0.244. The summed E-state index contributed by atoms with van der Waals surface area (Å²) in [6.07, 6.45) is 1.53. The number of rotatable bonds is 6. The normalized spacial score (nSPS) is 17.2. The van der Waals surface area contributed by atoms with Crippen LogP contribution in [0.4, 0.5) is 0 Å². The van der Waals surface area contributed by atoms with Crippen LogP contribution in [-0.4, -0.2) is 41.9 Å². The molecule has 1 unspecified atom stereocenters. The lowest BCUT2D eigenvalue weighted by molar-refractivity contribution is 0.0921. The maximum Gasteiger partial charge on any atom is 0.258 e. The Hall–Kier alpha value is -2.07. The first-order valence-electron chi connectivity index (χ1n) is 9.29. The van der Waals surface area contributed by atoms with Crippen LogP contribution in [0.3, 0.4) is 0 Å². The number of halogens is 1. The number of nitrogens with zero attached hydrogens (tertiary/aromatic N) is 2. The molecule has 4 rings (SSSR count). The minimum atomic E-state index is -3.80. The number of fused-ring (bicyclic) bond motifs is 1. The SMILES string of the molecule is O=c1[nH]c(CN(CC2CCCO2)S(=O)(=O)c2ccc(Br)cc2)nc2ccccc12. The van der Waals surface area contributed by atoms with E-state index in [9.17, 15) is 13.2 Å². The lowest BCUT2D eigenvalue weighted by atomic mass is 10.2. The third kappa shape index (κ3) is 4.42. The van der Waals surface area contributed by atoms with Crippen LogP contribution in [-0.2, 0) is 21.3 Å². The van der Waals surface area contributed by atoms with Crippen molar-refractivity contribution in [3.63, 3.8) is 0 Å². The van der Waals surface area contributed by atoms with Crippen LogP contribution in [0.2, 0.25) is 0 Å². The van der Waals surface area contributed by atoms with E-state index in [1.165, 1.54) is 4.31 Å². The van der Waals surface area contributed by atoms with Crippen molar-refractivity contribution in [3.05, 3.63) is 69.2 Å². The molecule has 0 amide bonds. The zero-order valence-electron chi connectivity index (χ0n) is 15.5. The van der Waals surface area contributed by atoms with Gasteiger partial charge in [-0.2, -0.15) is 4.31 Å². The lowest BCUT2D eigenvalue weighted by Gasteiger charge is -2.24. The van der Waals surface area contributed by atoms with Crippen molar-refractivity contribution in [1.82, 2.24) is 14.3 Å². The molecule has 1 aliphatic heterocycles. The number of sulfonamides is 1. The van der Waals surface area contributed by atoms with Gasteiger partial charge in [0.05, 0.1) is 28.4 Å². The third-order valence-electron chi connectivity index (χ3n) is 4.87. The van der Waals surface area contributed by atoms with E-state index in [-0.39, 0.29) is 29.6 Å². The van der Waals surface area contributed by atoms with Gasteiger partial charge in [-0.05, 0) is 49.2 Å². The predicted octanol–water partition coefficient (Wildman–Crippen LogP) is 3.06. The summed E-state index contributed by atoms with van der Waals surface area (Å²) in [4.78, 5) is 19.8. The molecule has 152 valence electrons. The molecule has 0 spiro atoms. The van der Waals surface area contributed by atoms with E-state index in [4.69, 9.17) is 4.74 Å². The number of nitrogens with one attached hydrogen (secondary N) is 1. The molecule has 2 aromatic carbocycles. The molecular formula is C20H20BrN3O4S. The van der Waals surface area contributed by atoms with Crippen molar-refractivity contribution in [3.8, 4) is 0 Å². The van der Waals surface area contributed by atoms with E-state index in [1.54, 1.807) is 48.5 Å². The van der Waals surface area contributed by atoms with Crippen molar-refractivity contribution in [2.75, 3.05) is 13.2 Å². The molecule has 2 heterocycles. The summed E-state index contributed by atoms with van der Waals surface area (Å²) in [5.74, 6) is 0.299. The molecule has 1 aromatic heterocycles. The summed E-state index contributed by atoms with van der Waals surface area (Å²) in [7, 11) is -3.80. The van der Waals surface area contributed by atoms with Crippen molar-refractivity contribution >= 4 is 36.9 Å². The monoisotopic (exact) mass is 477 g/mol. The van der Waals surface area contributed by atoms with Gasteiger partial charge in [-0.15, -0.1) is 0 Å². The Morgan fingerprint density at radius 1 is 1.17 bits per heavy atom. The Kier molecular flexibility index (Phi) is 5.82. The molecular weight excluding hydrogens is 458 g/mol. The summed E-state index contributed by atoms with van der Waals surface area (Å²) < 4.78 is 34.4. The number of aromatic nitrogens is 2. The molecule has 0 aliphatic carbocycles. The largest absolute Gasteiger partial charge is 0.377 e. The van der Waals surface area contributed by atoms with E-state index < -0.39 is 10.0 Å². The molecule has 7 nitrogen and oxygen atoms in total. The van der Waals surface area contributed by atoms with Crippen LogP contribution in [0.15, 0.2) is 62.7 Å². The first-order valence-corrected chi connectivity index (χ1v) is 11.5. The minimum absolute atomic E-state index is 0.0433. The zero-order valence-corrected chi connectivity index (χ0v) is 17.9. The second-order valence-electron chi connectivity index (χ2n) is 6.92. The van der Waals surface area contributed by atoms with Crippen molar-refractivity contribution in [2.24, 2.45) is 0 Å². The summed E-state index contributed by atoms with van der Waals surface area (Å²) >= 11 is 3.33. The highest BCUT2D eigenvalue weighted by Gasteiger charge is 2.30. The maximum absolute atomic E-state index is 13.3. The molecule has 0 bridgehead atoms. The Morgan fingerprint density at radius 3 is 2.66 bits per heavy atom. The molecule has 1 atom stereocenters. The van der Waals surface area contributed by atoms with Crippen LogP contribution < -0.4 is 5.56 Å². The molecule has 1 fully saturated rings. The van der Waals surface area contributed by atoms with Gasteiger partial charge in [0.25, 0.3) is 5.56 Å². The Bertz CT molecular complexity index is 1170. The van der Waals surface area contributed by atoms with Gasteiger partial charge in [-0.3, -0.25) is 4.79 Å². The molecule has 1 saturated heterocycles. The number of aromatic amines is 1. The van der Waals surface area contributed by atoms with Gasteiger partial charge in [0.2, 0.25) is 10.0 Å². The number of H-pyrrole nitrogens is 1. The van der Waals surface area contributed by atoms with Gasteiger partial charge < -0.3 is 9.72 Å². The highest BCUT2D eigenvalue weighted by Crippen LogP contribution is 2.23. The lowest BCUT2D eigenvalue weighted by Crippen LogP contribution is -2.37. The number of ether oxygens (including phenoxy) is 1. The fourth-order valence-corrected chi connectivity index (χ4v) is 5.09. The number of hydrogen-bond acceptors (Lipinski definition) is 5. The second kappa shape index (κ2) is 8.35. The molecule has 9 heteroatoms. The Labute approximate surface area is 176 Å². The summed E-state index contributed by atoms with van der Waals surface area (Å²) in [5, 5.41) is 0.470.